The van der Waals surface area contributed by atoms with Crippen LogP contribution >= 0.6 is 11.3 Å². The zero-order chi connectivity index (χ0) is 17.8. The van der Waals surface area contributed by atoms with E-state index in [-0.39, 0.29) is 11.9 Å². The maximum absolute atomic E-state index is 12.8. The van der Waals surface area contributed by atoms with Crippen LogP contribution in [0.1, 0.15) is 36.0 Å². The number of benzene rings is 1. The molecule has 6 heteroatoms. The van der Waals surface area contributed by atoms with Crippen LogP contribution in [0.4, 0.5) is 0 Å². The summed E-state index contributed by atoms with van der Waals surface area (Å²) in [5, 5.41) is 12.4. The Balaban J connectivity index is 1.41. The van der Waals surface area contributed by atoms with Crippen molar-refractivity contribution in [2.75, 3.05) is 6.54 Å². The molecule has 1 unspecified atom stereocenters. The van der Waals surface area contributed by atoms with Crippen molar-refractivity contribution in [2.24, 2.45) is 0 Å². The lowest BCUT2D eigenvalue weighted by molar-refractivity contribution is 0.0594. The fourth-order valence-corrected chi connectivity index (χ4v) is 4.18. The van der Waals surface area contributed by atoms with Gasteiger partial charge in [-0.05, 0) is 37.1 Å². The number of aromatic nitrogens is 3. The molecule has 26 heavy (non-hydrogen) atoms. The van der Waals surface area contributed by atoms with Crippen molar-refractivity contribution in [2.45, 2.75) is 38.3 Å². The van der Waals surface area contributed by atoms with Gasteiger partial charge in [-0.15, -0.1) is 5.10 Å². The lowest BCUT2D eigenvalue weighted by Crippen LogP contribution is -2.44. The first-order chi connectivity index (χ1) is 12.8. The molecule has 1 aliphatic heterocycles. The van der Waals surface area contributed by atoms with E-state index in [9.17, 15) is 4.79 Å². The lowest BCUT2D eigenvalue weighted by atomic mass is 9.98. The highest BCUT2D eigenvalue weighted by Crippen LogP contribution is 2.23. The van der Waals surface area contributed by atoms with Gasteiger partial charge in [0.25, 0.3) is 5.91 Å². The average molecular weight is 366 g/mol. The van der Waals surface area contributed by atoms with E-state index in [4.69, 9.17) is 0 Å². The minimum Gasteiger partial charge on any atom is -0.336 e. The average Bonchev–Trinajstić information content (AvgIpc) is 3.39. The largest absolute Gasteiger partial charge is 0.336 e. The summed E-state index contributed by atoms with van der Waals surface area (Å²) in [4.78, 5) is 14.8. The summed E-state index contributed by atoms with van der Waals surface area (Å²) in [7, 11) is 0. The van der Waals surface area contributed by atoms with E-state index >= 15 is 0 Å². The Hall–Kier alpha value is -2.47. The Bertz CT molecular complexity index is 844. The smallest absolute Gasteiger partial charge is 0.254 e. The minimum absolute atomic E-state index is 0.166. The van der Waals surface area contributed by atoms with Crippen molar-refractivity contribution in [1.82, 2.24) is 19.9 Å². The standard InChI is InChI=1S/C20H22N4OS/c25-20(17-10-13-26-15-17)24-11-5-4-8-18(24)9-12-23-14-19(21-22-23)16-6-2-1-3-7-16/h1-3,6-7,10,13-15,18H,4-5,8-9,11-12H2. The highest BCUT2D eigenvalue weighted by Gasteiger charge is 2.27. The molecule has 2 aromatic heterocycles. The molecule has 1 amide bonds. The Morgan fingerprint density at radius 2 is 2.08 bits per heavy atom. The van der Waals surface area contributed by atoms with E-state index in [0.29, 0.717) is 0 Å². The number of thiophene rings is 1. The van der Waals surface area contributed by atoms with Crippen LogP contribution in [0.5, 0.6) is 0 Å². The number of piperidine rings is 1. The third-order valence-corrected chi connectivity index (χ3v) is 5.64. The Labute approximate surface area is 157 Å². The molecule has 1 aromatic carbocycles. The van der Waals surface area contributed by atoms with Crippen molar-refractivity contribution < 1.29 is 4.79 Å². The summed E-state index contributed by atoms with van der Waals surface area (Å²) >= 11 is 1.57. The maximum Gasteiger partial charge on any atom is 0.254 e. The van der Waals surface area contributed by atoms with Crippen molar-refractivity contribution in [3.05, 3.63) is 58.9 Å². The Kier molecular flexibility index (Phi) is 5.11. The van der Waals surface area contributed by atoms with Crippen LogP contribution in [0.3, 0.4) is 0 Å². The van der Waals surface area contributed by atoms with Gasteiger partial charge in [0.15, 0.2) is 0 Å². The summed E-state index contributed by atoms with van der Waals surface area (Å²) in [6, 6.07) is 12.3. The van der Waals surface area contributed by atoms with Gasteiger partial charge in [-0.2, -0.15) is 11.3 Å². The van der Waals surface area contributed by atoms with E-state index in [1.54, 1.807) is 11.3 Å². The normalized spacial score (nSPS) is 17.4. The van der Waals surface area contributed by atoms with Crippen LogP contribution in [-0.4, -0.2) is 38.4 Å². The summed E-state index contributed by atoms with van der Waals surface area (Å²) in [6.45, 7) is 1.63. The van der Waals surface area contributed by atoms with Gasteiger partial charge in [0.1, 0.15) is 5.69 Å². The van der Waals surface area contributed by atoms with Gasteiger partial charge in [-0.25, -0.2) is 0 Å². The second-order valence-electron chi connectivity index (χ2n) is 6.68. The first-order valence-electron chi connectivity index (χ1n) is 9.10. The fourth-order valence-electron chi connectivity index (χ4n) is 3.55. The second kappa shape index (κ2) is 7.83. The Morgan fingerprint density at radius 1 is 1.19 bits per heavy atom. The molecule has 0 bridgehead atoms. The molecule has 0 saturated carbocycles. The summed E-state index contributed by atoms with van der Waals surface area (Å²) in [6.07, 6.45) is 6.24. The van der Waals surface area contributed by atoms with Gasteiger partial charge >= 0.3 is 0 Å². The number of nitrogens with zero attached hydrogens (tertiary/aromatic N) is 4. The van der Waals surface area contributed by atoms with E-state index in [2.05, 4.69) is 15.2 Å². The molecule has 0 aliphatic carbocycles. The van der Waals surface area contributed by atoms with Gasteiger partial charge < -0.3 is 4.90 Å². The third kappa shape index (κ3) is 3.70. The van der Waals surface area contributed by atoms with Crippen LogP contribution in [-0.2, 0) is 6.54 Å². The predicted octanol–water partition coefficient (Wildman–Crippen LogP) is 4.09. The SMILES string of the molecule is O=C(c1ccsc1)N1CCCCC1CCn1cc(-c2ccccc2)nn1. The maximum atomic E-state index is 12.8. The molecule has 134 valence electrons. The number of likely N-dealkylation sites (tertiary alicyclic amines) is 1. The third-order valence-electron chi connectivity index (χ3n) is 4.96. The van der Waals surface area contributed by atoms with Crippen molar-refractivity contribution in [1.29, 1.82) is 0 Å². The van der Waals surface area contributed by atoms with E-state index < -0.39 is 0 Å². The highest BCUT2D eigenvalue weighted by molar-refractivity contribution is 7.08. The van der Waals surface area contributed by atoms with Gasteiger partial charge in [0.05, 0.1) is 11.8 Å². The molecule has 1 saturated heterocycles. The topological polar surface area (TPSA) is 51.0 Å². The molecule has 4 rings (SSSR count). The molecule has 0 N–H and O–H groups in total. The number of aryl methyl sites for hydroxylation is 1. The molecular weight excluding hydrogens is 344 g/mol. The molecule has 1 fully saturated rings. The second-order valence-corrected chi connectivity index (χ2v) is 7.46. The van der Waals surface area contributed by atoms with Gasteiger partial charge in [0, 0.05) is 30.1 Å². The Morgan fingerprint density at radius 3 is 2.88 bits per heavy atom. The number of carbonyl (C=O) groups excluding carboxylic acids is 1. The number of hydrogen-bond donors (Lipinski definition) is 0. The lowest BCUT2D eigenvalue weighted by Gasteiger charge is -2.35. The van der Waals surface area contributed by atoms with Crippen LogP contribution in [0, 0.1) is 0 Å². The highest BCUT2D eigenvalue weighted by atomic mass is 32.1. The monoisotopic (exact) mass is 366 g/mol. The summed E-state index contributed by atoms with van der Waals surface area (Å²) < 4.78 is 1.89. The summed E-state index contributed by atoms with van der Waals surface area (Å²) in [5.41, 5.74) is 2.78. The number of rotatable bonds is 5. The molecule has 1 aliphatic rings. The van der Waals surface area contributed by atoms with Crippen molar-refractivity contribution in [3.8, 4) is 11.3 Å². The van der Waals surface area contributed by atoms with E-state index in [0.717, 1.165) is 49.2 Å². The zero-order valence-electron chi connectivity index (χ0n) is 14.6. The van der Waals surface area contributed by atoms with E-state index in [1.807, 2.05) is 58.0 Å². The predicted molar refractivity (Wildman–Crippen MR) is 103 cm³/mol. The van der Waals surface area contributed by atoms with Crippen LogP contribution in [0.25, 0.3) is 11.3 Å². The van der Waals surface area contributed by atoms with Gasteiger partial charge in [0.2, 0.25) is 0 Å². The van der Waals surface area contributed by atoms with Crippen LogP contribution in [0.2, 0.25) is 0 Å². The van der Waals surface area contributed by atoms with E-state index in [1.165, 1.54) is 6.42 Å². The summed E-state index contributed by atoms with van der Waals surface area (Å²) in [5.74, 6) is 0.166. The van der Waals surface area contributed by atoms with Gasteiger partial charge in [-0.3, -0.25) is 9.48 Å². The van der Waals surface area contributed by atoms with Crippen molar-refractivity contribution >= 4 is 17.2 Å². The minimum atomic E-state index is 0.166. The first kappa shape index (κ1) is 17.0. The molecule has 1 atom stereocenters. The molecule has 0 radical (unpaired) electrons. The molecule has 0 spiro atoms. The van der Waals surface area contributed by atoms with Crippen LogP contribution in [0.15, 0.2) is 53.4 Å². The van der Waals surface area contributed by atoms with Gasteiger partial charge in [-0.1, -0.05) is 35.5 Å². The quantitative estimate of drug-likeness (QED) is 0.683. The van der Waals surface area contributed by atoms with Crippen molar-refractivity contribution in [3.63, 3.8) is 0 Å². The zero-order valence-corrected chi connectivity index (χ0v) is 15.4. The number of carbonyl (C=O) groups is 1. The first-order valence-corrected chi connectivity index (χ1v) is 10.0. The molecular formula is C20H22N4OS. The molecule has 3 aromatic rings. The fraction of sp³-hybridized carbons (Fsp3) is 0.350. The molecule has 3 heterocycles. The molecule has 5 nitrogen and oxygen atoms in total. The number of amides is 1. The number of hydrogen-bond acceptors (Lipinski definition) is 4. The van der Waals surface area contributed by atoms with Crippen LogP contribution < -0.4 is 0 Å².